The predicted octanol–water partition coefficient (Wildman–Crippen LogP) is 7.18. The molecule has 29 heavy (non-hydrogen) atoms. The molecule has 4 rings (SSSR count). The Morgan fingerprint density at radius 2 is 1.41 bits per heavy atom. The van der Waals surface area contributed by atoms with Crippen molar-refractivity contribution in [1.29, 1.82) is 0 Å². The molecule has 2 nitrogen and oxygen atoms in total. The van der Waals surface area contributed by atoms with Gasteiger partial charge in [0.05, 0.1) is 16.8 Å². The molecule has 0 bridgehead atoms. The van der Waals surface area contributed by atoms with Crippen LogP contribution in [-0.4, -0.2) is 4.98 Å². The highest BCUT2D eigenvalue weighted by Gasteiger charge is 2.25. The first-order valence-electron chi connectivity index (χ1n) is 9.43. The fourth-order valence-electron chi connectivity index (χ4n) is 3.54. The number of nitrogens with zero attached hydrogens (tertiary/aromatic N) is 2. The fraction of sp³-hybridized carbons (Fsp3) is 0.0800. The molecule has 0 unspecified atom stereocenters. The quantitative estimate of drug-likeness (QED) is 0.329. The third kappa shape index (κ3) is 4.61. The monoisotopic (exact) mass is 418 g/mol. The van der Waals surface area contributed by atoms with Crippen LogP contribution in [0.4, 0.5) is 5.69 Å². The van der Waals surface area contributed by atoms with Crippen molar-refractivity contribution in [2.45, 2.75) is 12.6 Å². The predicted molar refractivity (Wildman–Crippen MR) is 122 cm³/mol. The molecule has 4 aromatic rings. The molecular weight excluding hydrogens is 399 g/mol. The molecule has 0 spiro atoms. The van der Waals surface area contributed by atoms with Crippen molar-refractivity contribution < 1.29 is 0 Å². The normalized spacial score (nSPS) is 10.9. The third-order valence-corrected chi connectivity index (χ3v) is 5.37. The maximum atomic E-state index is 6.67. The average molecular weight is 419 g/mol. The Bertz CT molecular complexity index is 1010. The van der Waals surface area contributed by atoms with Crippen LogP contribution in [0.25, 0.3) is 0 Å². The minimum absolute atomic E-state index is 0.0173. The Labute approximate surface area is 181 Å². The molecule has 0 saturated heterocycles. The molecule has 0 aliphatic rings. The van der Waals surface area contributed by atoms with E-state index in [-0.39, 0.29) is 6.04 Å². The smallest absolute Gasteiger partial charge is 0.0800 e. The summed E-state index contributed by atoms with van der Waals surface area (Å²) in [5.74, 6) is 0. The van der Waals surface area contributed by atoms with E-state index in [0.717, 1.165) is 11.3 Å². The Balaban J connectivity index is 1.88. The second-order valence-corrected chi connectivity index (χ2v) is 7.65. The number of anilines is 1. The summed E-state index contributed by atoms with van der Waals surface area (Å²) < 4.78 is 0. The van der Waals surface area contributed by atoms with Gasteiger partial charge in [0, 0.05) is 24.0 Å². The first kappa shape index (κ1) is 19.5. The summed E-state index contributed by atoms with van der Waals surface area (Å²) in [4.78, 5) is 6.60. The molecule has 1 aromatic heterocycles. The van der Waals surface area contributed by atoms with Crippen LogP contribution < -0.4 is 4.90 Å². The number of benzene rings is 3. The van der Waals surface area contributed by atoms with Gasteiger partial charge < -0.3 is 4.90 Å². The highest BCUT2D eigenvalue weighted by atomic mass is 35.5. The zero-order valence-electron chi connectivity index (χ0n) is 15.7. The summed E-state index contributed by atoms with van der Waals surface area (Å²) >= 11 is 12.9. The second-order valence-electron chi connectivity index (χ2n) is 6.81. The van der Waals surface area contributed by atoms with E-state index in [4.69, 9.17) is 23.2 Å². The number of hydrogen-bond donors (Lipinski definition) is 0. The van der Waals surface area contributed by atoms with E-state index in [9.17, 15) is 0 Å². The lowest BCUT2D eigenvalue weighted by molar-refractivity contribution is 0.701. The van der Waals surface area contributed by atoms with Gasteiger partial charge in [-0.1, -0.05) is 89.9 Å². The minimum atomic E-state index is -0.0173. The number of hydrogen-bond acceptors (Lipinski definition) is 2. The van der Waals surface area contributed by atoms with Gasteiger partial charge in [-0.05, 0) is 41.0 Å². The molecule has 0 saturated carbocycles. The summed E-state index contributed by atoms with van der Waals surface area (Å²) in [5, 5.41) is 1.24. The SMILES string of the molecule is Clc1ccc(N(Cc2cccnc2)C(c2ccccc2)c2ccccc2)c(Cl)c1. The summed E-state index contributed by atoms with van der Waals surface area (Å²) in [7, 11) is 0. The molecule has 0 aliphatic carbocycles. The van der Waals surface area contributed by atoms with Crippen molar-refractivity contribution in [3.8, 4) is 0 Å². The second kappa shape index (κ2) is 9.13. The molecule has 0 radical (unpaired) electrons. The van der Waals surface area contributed by atoms with Gasteiger partial charge in [-0.3, -0.25) is 4.98 Å². The zero-order chi connectivity index (χ0) is 20.1. The van der Waals surface area contributed by atoms with Crippen LogP contribution in [0.3, 0.4) is 0 Å². The van der Waals surface area contributed by atoms with Gasteiger partial charge in [-0.25, -0.2) is 0 Å². The lowest BCUT2D eigenvalue weighted by Gasteiger charge is -2.35. The molecule has 1 heterocycles. The van der Waals surface area contributed by atoms with Crippen molar-refractivity contribution >= 4 is 28.9 Å². The molecule has 0 N–H and O–H groups in total. The molecule has 0 amide bonds. The van der Waals surface area contributed by atoms with E-state index in [2.05, 4.69) is 64.5 Å². The van der Waals surface area contributed by atoms with Gasteiger partial charge in [-0.2, -0.15) is 0 Å². The molecule has 4 heteroatoms. The third-order valence-electron chi connectivity index (χ3n) is 4.84. The van der Waals surface area contributed by atoms with Crippen molar-refractivity contribution in [2.24, 2.45) is 0 Å². The fourth-order valence-corrected chi connectivity index (χ4v) is 4.06. The summed E-state index contributed by atoms with van der Waals surface area (Å²) in [6.45, 7) is 0.656. The Morgan fingerprint density at radius 3 is 1.97 bits per heavy atom. The zero-order valence-corrected chi connectivity index (χ0v) is 17.3. The lowest BCUT2D eigenvalue weighted by Crippen LogP contribution is -2.29. The molecule has 3 aromatic carbocycles. The first-order chi connectivity index (χ1) is 14.2. The Hall–Kier alpha value is -2.81. The van der Waals surface area contributed by atoms with Gasteiger partial charge in [-0.15, -0.1) is 0 Å². The van der Waals surface area contributed by atoms with E-state index in [0.29, 0.717) is 16.6 Å². The molecule has 144 valence electrons. The Kier molecular flexibility index (Phi) is 6.14. The van der Waals surface area contributed by atoms with Crippen LogP contribution in [-0.2, 0) is 6.54 Å². The number of pyridine rings is 1. The van der Waals surface area contributed by atoms with Gasteiger partial charge in [0.25, 0.3) is 0 Å². The number of rotatable bonds is 6. The van der Waals surface area contributed by atoms with Crippen LogP contribution in [0.5, 0.6) is 0 Å². The van der Waals surface area contributed by atoms with Crippen LogP contribution >= 0.6 is 23.2 Å². The standard InChI is InChI=1S/C25H20Cl2N2/c26-22-13-14-24(23(27)16-22)29(18-19-8-7-15-28-17-19)25(20-9-3-1-4-10-20)21-11-5-2-6-12-21/h1-17,25H,18H2. The molecule has 0 aliphatic heterocycles. The van der Waals surface area contributed by atoms with Crippen molar-refractivity contribution in [3.63, 3.8) is 0 Å². The van der Waals surface area contributed by atoms with E-state index in [1.807, 2.05) is 36.5 Å². The maximum absolute atomic E-state index is 6.67. The van der Waals surface area contributed by atoms with Gasteiger partial charge in [0.15, 0.2) is 0 Å². The van der Waals surface area contributed by atoms with Crippen LogP contribution in [0, 0.1) is 0 Å². The summed E-state index contributed by atoms with van der Waals surface area (Å²) in [5.41, 5.74) is 4.41. The van der Waals surface area contributed by atoms with Gasteiger partial charge in [0.2, 0.25) is 0 Å². The maximum Gasteiger partial charge on any atom is 0.0800 e. The topological polar surface area (TPSA) is 16.1 Å². The summed E-state index contributed by atoms with van der Waals surface area (Å²) in [6.07, 6.45) is 3.68. The van der Waals surface area contributed by atoms with E-state index >= 15 is 0 Å². The van der Waals surface area contributed by atoms with Crippen molar-refractivity contribution in [2.75, 3.05) is 4.90 Å². The molecule has 0 atom stereocenters. The molecule has 0 fully saturated rings. The minimum Gasteiger partial charge on any atom is -0.355 e. The van der Waals surface area contributed by atoms with Crippen LogP contribution in [0.15, 0.2) is 103 Å². The van der Waals surface area contributed by atoms with Crippen molar-refractivity contribution in [1.82, 2.24) is 4.98 Å². The van der Waals surface area contributed by atoms with Crippen LogP contribution in [0.2, 0.25) is 10.0 Å². The van der Waals surface area contributed by atoms with Gasteiger partial charge in [0.1, 0.15) is 0 Å². The molecular formula is C25H20Cl2N2. The average Bonchev–Trinajstić information content (AvgIpc) is 2.76. The lowest BCUT2D eigenvalue weighted by atomic mass is 9.96. The highest BCUT2D eigenvalue weighted by molar-refractivity contribution is 6.36. The summed E-state index contributed by atoms with van der Waals surface area (Å²) in [6, 6.07) is 30.6. The van der Waals surface area contributed by atoms with Crippen LogP contribution in [0.1, 0.15) is 22.7 Å². The Morgan fingerprint density at radius 1 is 0.759 bits per heavy atom. The van der Waals surface area contributed by atoms with E-state index < -0.39 is 0 Å². The largest absolute Gasteiger partial charge is 0.355 e. The van der Waals surface area contributed by atoms with Crippen molar-refractivity contribution in [3.05, 3.63) is 130 Å². The highest BCUT2D eigenvalue weighted by Crippen LogP contribution is 2.38. The number of halogens is 2. The van der Waals surface area contributed by atoms with E-state index in [1.54, 1.807) is 12.3 Å². The first-order valence-corrected chi connectivity index (χ1v) is 10.2. The number of aromatic nitrogens is 1. The van der Waals surface area contributed by atoms with E-state index in [1.165, 1.54) is 11.1 Å². The van der Waals surface area contributed by atoms with Gasteiger partial charge >= 0.3 is 0 Å².